The van der Waals surface area contributed by atoms with Gasteiger partial charge in [0.2, 0.25) is 0 Å². The summed E-state index contributed by atoms with van der Waals surface area (Å²) in [4.78, 5) is 20.6. The molecular formula is C19H16FN3O. The number of aromatic nitrogens is 2. The lowest BCUT2D eigenvalue weighted by molar-refractivity contribution is 0.0953. The molecule has 4 nitrogen and oxygen atoms in total. The van der Waals surface area contributed by atoms with Gasteiger partial charge >= 0.3 is 0 Å². The van der Waals surface area contributed by atoms with Gasteiger partial charge in [0.15, 0.2) is 5.82 Å². The molecule has 2 aromatic carbocycles. The third-order valence-corrected chi connectivity index (χ3v) is 3.52. The van der Waals surface area contributed by atoms with E-state index in [0.717, 1.165) is 11.1 Å². The molecule has 1 heterocycles. The Morgan fingerprint density at radius 1 is 1.00 bits per heavy atom. The van der Waals surface area contributed by atoms with E-state index in [-0.39, 0.29) is 5.91 Å². The van der Waals surface area contributed by atoms with Crippen molar-refractivity contribution in [1.29, 1.82) is 0 Å². The molecule has 120 valence electrons. The first-order chi connectivity index (χ1) is 11.7. The highest BCUT2D eigenvalue weighted by atomic mass is 19.1. The third kappa shape index (κ3) is 4.01. The minimum absolute atomic E-state index is 0.295. The molecule has 3 rings (SSSR count). The topological polar surface area (TPSA) is 54.9 Å². The maximum Gasteiger partial charge on any atom is 0.251 e. The van der Waals surface area contributed by atoms with Crippen LogP contribution in [-0.4, -0.2) is 22.4 Å². The van der Waals surface area contributed by atoms with Crippen molar-refractivity contribution in [2.75, 3.05) is 6.54 Å². The normalized spacial score (nSPS) is 10.4. The van der Waals surface area contributed by atoms with E-state index in [1.807, 2.05) is 30.3 Å². The minimum atomic E-state index is -0.424. The summed E-state index contributed by atoms with van der Waals surface area (Å²) in [5.74, 6) is -0.0491. The smallest absolute Gasteiger partial charge is 0.251 e. The zero-order valence-corrected chi connectivity index (χ0v) is 12.9. The largest absolute Gasteiger partial charge is 0.352 e. The predicted molar refractivity (Wildman–Crippen MR) is 89.9 cm³/mol. The summed E-state index contributed by atoms with van der Waals surface area (Å²) in [6.07, 6.45) is 4.11. The Kier molecular flexibility index (Phi) is 4.91. The standard InChI is InChI=1S/C19H16FN3O/c20-17-8-4-7-16(11-17)19(24)21-10-9-14-12-22-18(23-13-14)15-5-2-1-3-6-15/h1-8,11-13H,9-10H2,(H,21,24). The minimum Gasteiger partial charge on any atom is -0.352 e. The van der Waals surface area contributed by atoms with E-state index in [0.29, 0.717) is 24.4 Å². The van der Waals surface area contributed by atoms with Crippen LogP contribution in [0.2, 0.25) is 0 Å². The average molecular weight is 321 g/mol. The lowest BCUT2D eigenvalue weighted by atomic mass is 10.2. The highest BCUT2D eigenvalue weighted by molar-refractivity contribution is 5.94. The SMILES string of the molecule is O=C(NCCc1cnc(-c2ccccc2)nc1)c1cccc(F)c1. The van der Waals surface area contributed by atoms with Gasteiger partial charge in [-0.3, -0.25) is 4.79 Å². The molecule has 1 aromatic heterocycles. The van der Waals surface area contributed by atoms with Crippen LogP contribution in [0.25, 0.3) is 11.4 Å². The molecule has 0 saturated carbocycles. The number of rotatable bonds is 5. The summed E-state index contributed by atoms with van der Waals surface area (Å²) in [6, 6.07) is 15.3. The molecule has 0 unspecified atom stereocenters. The fourth-order valence-corrected chi connectivity index (χ4v) is 2.27. The van der Waals surface area contributed by atoms with Gasteiger partial charge in [-0.05, 0) is 30.2 Å². The quantitative estimate of drug-likeness (QED) is 0.785. The predicted octanol–water partition coefficient (Wildman–Crippen LogP) is 3.26. The van der Waals surface area contributed by atoms with Gasteiger partial charge in [0.1, 0.15) is 5.82 Å². The van der Waals surface area contributed by atoms with Crippen LogP contribution in [0.15, 0.2) is 67.0 Å². The Bertz CT molecular complexity index is 820. The fraction of sp³-hybridized carbons (Fsp3) is 0.105. The number of nitrogens with one attached hydrogen (secondary N) is 1. The van der Waals surface area contributed by atoms with Gasteiger partial charge in [-0.15, -0.1) is 0 Å². The summed E-state index contributed by atoms with van der Waals surface area (Å²) in [5, 5.41) is 2.76. The van der Waals surface area contributed by atoms with Crippen molar-refractivity contribution in [3.8, 4) is 11.4 Å². The molecule has 0 aliphatic rings. The first-order valence-electron chi connectivity index (χ1n) is 7.62. The highest BCUT2D eigenvalue weighted by Crippen LogP contribution is 2.13. The van der Waals surface area contributed by atoms with Gasteiger partial charge < -0.3 is 5.32 Å². The van der Waals surface area contributed by atoms with Gasteiger partial charge in [-0.1, -0.05) is 36.4 Å². The molecule has 0 saturated heterocycles. The van der Waals surface area contributed by atoms with Crippen molar-refractivity contribution in [3.63, 3.8) is 0 Å². The lowest BCUT2D eigenvalue weighted by Gasteiger charge is -2.06. The molecule has 0 radical (unpaired) electrons. The van der Waals surface area contributed by atoms with Crippen LogP contribution >= 0.6 is 0 Å². The summed E-state index contributed by atoms with van der Waals surface area (Å²) < 4.78 is 13.1. The Balaban J connectivity index is 1.55. The summed E-state index contributed by atoms with van der Waals surface area (Å²) in [7, 11) is 0. The van der Waals surface area contributed by atoms with E-state index in [1.54, 1.807) is 18.5 Å². The first kappa shape index (κ1) is 15.8. The van der Waals surface area contributed by atoms with E-state index in [1.165, 1.54) is 18.2 Å². The van der Waals surface area contributed by atoms with Crippen LogP contribution in [-0.2, 0) is 6.42 Å². The first-order valence-corrected chi connectivity index (χ1v) is 7.62. The molecular weight excluding hydrogens is 305 g/mol. The third-order valence-electron chi connectivity index (χ3n) is 3.52. The average Bonchev–Trinajstić information content (AvgIpc) is 2.63. The van der Waals surface area contributed by atoms with Crippen LogP contribution in [0.3, 0.4) is 0 Å². The number of carbonyl (C=O) groups excluding carboxylic acids is 1. The zero-order chi connectivity index (χ0) is 16.8. The Morgan fingerprint density at radius 3 is 2.46 bits per heavy atom. The number of halogens is 1. The van der Waals surface area contributed by atoms with Crippen molar-refractivity contribution in [2.24, 2.45) is 0 Å². The van der Waals surface area contributed by atoms with E-state index >= 15 is 0 Å². The number of hydrogen-bond acceptors (Lipinski definition) is 3. The van der Waals surface area contributed by atoms with E-state index in [2.05, 4.69) is 15.3 Å². The van der Waals surface area contributed by atoms with Crippen molar-refractivity contribution in [2.45, 2.75) is 6.42 Å². The van der Waals surface area contributed by atoms with Crippen LogP contribution in [0.4, 0.5) is 4.39 Å². The molecule has 24 heavy (non-hydrogen) atoms. The number of hydrogen-bond donors (Lipinski definition) is 1. The molecule has 1 amide bonds. The van der Waals surface area contributed by atoms with Crippen LogP contribution in [0, 0.1) is 5.82 Å². The van der Waals surface area contributed by atoms with Gasteiger partial charge in [0, 0.05) is 30.1 Å². The van der Waals surface area contributed by atoms with Crippen LogP contribution in [0.1, 0.15) is 15.9 Å². The van der Waals surface area contributed by atoms with E-state index < -0.39 is 5.82 Å². The molecule has 0 fully saturated rings. The zero-order valence-electron chi connectivity index (χ0n) is 12.9. The summed E-state index contributed by atoms with van der Waals surface area (Å²) in [5.41, 5.74) is 2.20. The van der Waals surface area contributed by atoms with Crippen molar-refractivity contribution in [1.82, 2.24) is 15.3 Å². The number of benzene rings is 2. The number of carbonyl (C=O) groups is 1. The number of nitrogens with zero attached hydrogens (tertiary/aromatic N) is 2. The van der Waals surface area contributed by atoms with E-state index in [9.17, 15) is 9.18 Å². The second kappa shape index (κ2) is 7.46. The van der Waals surface area contributed by atoms with Gasteiger partial charge in [0.05, 0.1) is 0 Å². The maximum atomic E-state index is 13.1. The van der Waals surface area contributed by atoms with Crippen molar-refractivity contribution in [3.05, 3.63) is 83.9 Å². The molecule has 0 spiro atoms. The van der Waals surface area contributed by atoms with Gasteiger partial charge in [-0.2, -0.15) is 0 Å². The molecule has 0 bridgehead atoms. The maximum absolute atomic E-state index is 13.1. The fourth-order valence-electron chi connectivity index (χ4n) is 2.27. The summed E-state index contributed by atoms with van der Waals surface area (Å²) in [6.45, 7) is 0.434. The van der Waals surface area contributed by atoms with Gasteiger partial charge in [-0.25, -0.2) is 14.4 Å². The molecule has 1 N–H and O–H groups in total. The van der Waals surface area contributed by atoms with Crippen molar-refractivity contribution < 1.29 is 9.18 Å². The van der Waals surface area contributed by atoms with Crippen LogP contribution < -0.4 is 5.32 Å². The monoisotopic (exact) mass is 321 g/mol. The Labute approximate surface area is 139 Å². The van der Waals surface area contributed by atoms with E-state index in [4.69, 9.17) is 0 Å². The number of amides is 1. The lowest BCUT2D eigenvalue weighted by Crippen LogP contribution is -2.25. The molecule has 3 aromatic rings. The molecule has 5 heteroatoms. The molecule has 0 aliphatic carbocycles. The summed E-state index contributed by atoms with van der Waals surface area (Å²) >= 11 is 0. The Morgan fingerprint density at radius 2 is 1.75 bits per heavy atom. The highest BCUT2D eigenvalue weighted by Gasteiger charge is 2.06. The molecule has 0 aliphatic heterocycles. The molecule has 0 atom stereocenters. The van der Waals surface area contributed by atoms with Gasteiger partial charge in [0.25, 0.3) is 5.91 Å². The Hall–Kier alpha value is -3.08. The van der Waals surface area contributed by atoms with Crippen LogP contribution in [0.5, 0.6) is 0 Å². The second-order valence-corrected chi connectivity index (χ2v) is 5.30. The second-order valence-electron chi connectivity index (χ2n) is 5.30. The van der Waals surface area contributed by atoms with Crippen molar-refractivity contribution >= 4 is 5.91 Å².